The fourth-order valence-electron chi connectivity index (χ4n) is 1.96. The van der Waals surface area contributed by atoms with E-state index in [-0.39, 0.29) is 5.82 Å². The standard InChI is InChI=1S/C14H18FN3/c1-3-16-14-17-11(2)10-18(14)8-7-12-5-4-6-13(15)9-12/h4-6,9-10H,3,7-8H2,1-2H3,(H,16,17). The van der Waals surface area contributed by atoms with E-state index >= 15 is 0 Å². The topological polar surface area (TPSA) is 29.9 Å². The quantitative estimate of drug-likeness (QED) is 0.880. The first-order valence-corrected chi connectivity index (χ1v) is 6.21. The third-order valence-electron chi connectivity index (χ3n) is 2.76. The maximum Gasteiger partial charge on any atom is 0.203 e. The Balaban J connectivity index is 2.05. The lowest BCUT2D eigenvalue weighted by Crippen LogP contribution is -2.08. The summed E-state index contributed by atoms with van der Waals surface area (Å²) in [6, 6.07) is 6.74. The summed E-state index contributed by atoms with van der Waals surface area (Å²) in [6.07, 6.45) is 2.81. The van der Waals surface area contributed by atoms with Crippen molar-refractivity contribution in [3.8, 4) is 0 Å². The molecule has 0 saturated heterocycles. The van der Waals surface area contributed by atoms with E-state index in [1.54, 1.807) is 12.1 Å². The molecule has 0 amide bonds. The number of nitrogens with zero attached hydrogens (tertiary/aromatic N) is 2. The maximum absolute atomic E-state index is 13.1. The molecule has 1 aromatic carbocycles. The predicted molar refractivity (Wildman–Crippen MR) is 71.2 cm³/mol. The lowest BCUT2D eigenvalue weighted by Gasteiger charge is -2.08. The first kappa shape index (κ1) is 12.6. The van der Waals surface area contributed by atoms with Crippen LogP contribution in [0.5, 0.6) is 0 Å². The number of benzene rings is 1. The molecule has 0 radical (unpaired) electrons. The summed E-state index contributed by atoms with van der Waals surface area (Å²) in [7, 11) is 0. The van der Waals surface area contributed by atoms with Crippen LogP contribution in [-0.2, 0) is 13.0 Å². The Hall–Kier alpha value is -1.84. The molecule has 0 atom stereocenters. The Morgan fingerprint density at radius 1 is 1.39 bits per heavy atom. The Bertz CT molecular complexity index is 520. The molecule has 96 valence electrons. The van der Waals surface area contributed by atoms with Gasteiger partial charge in [0, 0.05) is 19.3 Å². The first-order valence-electron chi connectivity index (χ1n) is 6.21. The van der Waals surface area contributed by atoms with Crippen LogP contribution in [0.15, 0.2) is 30.5 Å². The van der Waals surface area contributed by atoms with Crippen molar-refractivity contribution in [2.45, 2.75) is 26.8 Å². The van der Waals surface area contributed by atoms with E-state index in [2.05, 4.69) is 14.9 Å². The molecule has 0 saturated carbocycles. The van der Waals surface area contributed by atoms with Gasteiger partial charge in [-0.1, -0.05) is 12.1 Å². The molecule has 3 nitrogen and oxygen atoms in total. The van der Waals surface area contributed by atoms with Gasteiger partial charge in [0.25, 0.3) is 0 Å². The Labute approximate surface area is 107 Å². The second-order valence-electron chi connectivity index (χ2n) is 4.31. The van der Waals surface area contributed by atoms with E-state index in [1.165, 1.54) is 6.07 Å². The zero-order valence-corrected chi connectivity index (χ0v) is 10.8. The predicted octanol–water partition coefficient (Wildman–Crippen LogP) is 3.01. The molecular weight excluding hydrogens is 229 g/mol. The SMILES string of the molecule is CCNc1nc(C)cn1CCc1cccc(F)c1. The van der Waals surface area contributed by atoms with Crippen LogP contribution < -0.4 is 5.32 Å². The van der Waals surface area contributed by atoms with Crippen molar-refractivity contribution in [2.24, 2.45) is 0 Å². The van der Waals surface area contributed by atoms with Crippen molar-refractivity contribution in [1.29, 1.82) is 0 Å². The van der Waals surface area contributed by atoms with Crippen LogP contribution in [0.4, 0.5) is 10.3 Å². The van der Waals surface area contributed by atoms with Gasteiger partial charge >= 0.3 is 0 Å². The molecule has 0 bridgehead atoms. The third kappa shape index (κ3) is 3.09. The van der Waals surface area contributed by atoms with Crippen LogP contribution in [0.25, 0.3) is 0 Å². The average Bonchev–Trinajstić information content (AvgIpc) is 2.68. The molecular formula is C14H18FN3. The fraction of sp³-hybridized carbons (Fsp3) is 0.357. The minimum atomic E-state index is -0.179. The van der Waals surface area contributed by atoms with Crippen LogP contribution in [0, 0.1) is 12.7 Å². The smallest absolute Gasteiger partial charge is 0.203 e. The van der Waals surface area contributed by atoms with E-state index in [0.29, 0.717) is 0 Å². The Morgan fingerprint density at radius 2 is 2.22 bits per heavy atom. The molecule has 0 fully saturated rings. The summed E-state index contributed by atoms with van der Waals surface area (Å²) >= 11 is 0. The molecule has 1 heterocycles. The van der Waals surface area contributed by atoms with Gasteiger partial charge in [-0.25, -0.2) is 9.37 Å². The second-order valence-corrected chi connectivity index (χ2v) is 4.31. The van der Waals surface area contributed by atoms with Gasteiger partial charge in [-0.05, 0) is 38.0 Å². The normalized spacial score (nSPS) is 10.6. The van der Waals surface area contributed by atoms with Crippen LogP contribution in [0.3, 0.4) is 0 Å². The van der Waals surface area contributed by atoms with Crippen molar-refractivity contribution in [2.75, 3.05) is 11.9 Å². The van der Waals surface area contributed by atoms with Gasteiger partial charge < -0.3 is 9.88 Å². The minimum Gasteiger partial charge on any atom is -0.356 e. The van der Waals surface area contributed by atoms with Gasteiger partial charge in [0.15, 0.2) is 0 Å². The van der Waals surface area contributed by atoms with Gasteiger partial charge in [-0.3, -0.25) is 0 Å². The number of hydrogen-bond acceptors (Lipinski definition) is 2. The zero-order chi connectivity index (χ0) is 13.0. The van der Waals surface area contributed by atoms with E-state index in [0.717, 1.165) is 36.7 Å². The molecule has 1 aromatic heterocycles. The molecule has 0 aliphatic rings. The first-order chi connectivity index (χ1) is 8.69. The number of anilines is 1. The van der Waals surface area contributed by atoms with Crippen molar-refractivity contribution in [3.63, 3.8) is 0 Å². The van der Waals surface area contributed by atoms with Crippen molar-refractivity contribution < 1.29 is 4.39 Å². The van der Waals surface area contributed by atoms with Crippen LogP contribution in [-0.4, -0.2) is 16.1 Å². The van der Waals surface area contributed by atoms with Crippen LogP contribution >= 0.6 is 0 Å². The lowest BCUT2D eigenvalue weighted by molar-refractivity contribution is 0.622. The number of hydrogen-bond donors (Lipinski definition) is 1. The molecule has 0 unspecified atom stereocenters. The molecule has 4 heteroatoms. The van der Waals surface area contributed by atoms with E-state index in [1.807, 2.05) is 26.1 Å². The number of rotatable bonds is 5. The maximum atomic E-state index is 13.1. The highest BCUT2D eigenvalue weighted by atomic mass is 19.1. The molecule has 1 N–H and O–H groups in total. The molecule has 0 aliphatic carbocycles. The average molecular weight is 247 g/mol. The molecule has 18 heavy (non-hydrogen) atoms. The minimum absolute atomic E-state index is 0.179. The highest BCUT2D eigenvalue weighted by molar-refractivity contribution is 5.28. The van der Waals surface area contributed by atoms with E-state index < -0.39 is 0 Å². The Kier molecular flexibility index (Phi) is 3.97. The van der Waals surface area contributed by atoms with E-state index in [4.69, 9.17) is 0 Å². The fourth-order valence-corrected chi connectivity index (χ4v) is 1.96. The molecule has 0 spiro atoms. The van der Waals surface area contributed by atoms with Gasteiger partial charge in [0.05, 0.1) is 5.69 Å². The summed E-state index contributed by atoms with van der Waals surface area (Å²) in [4.78, 5) is 4.41. The van der Waals surface area contributed by atoms with Crippen LogP contribution in [0.2, 0.25) is 0 Å². The van der Waals surface area contributed by atoms with Crippen molar-refractivity contribution in [1.82, 2.24) is 9.55 Å². The van der Waals surface area contributed by atoms with Crippen molar-refractivity contribution >= 4 is 5.95 Å². The van der Waals surface area contributed by atoms with E-state index in [9.17, 15) is 4.39 Å². The molecule has 2 aromatic rings. The highest BCUT2D eigenvalue weighted by Gasteiger charge is 2.04. The lowest BCUT2D eigenvalue weighted by atomic mass is 10.1. The monoisotopic (exact) mass is 247 g/mol. The summed E-state index contributed by atoms with van der Waals surface area (Å²) < 4.78 is 15.1. The number of imidazole rings is 1. The van der Waals surface area contributed by atoms with Gasteiger partial charge in [0.2, 0.25) is 5.95 Å². The molecule has 2 rings (SSSR count). The number of nitrogens with one attached hydrogen (secondary N) is 1. The number of aryl methyl sites for hydroxylation is 3. The summed E-state index contributed by atoms with van der Waals surface area (Å²) in [5.74, 6) is 0.702. The second kappa shape index (κ2) is 5.67. The van der Waals surface area contributed by atoms with Crippen LogP contribution in [0.1, 0.15) is 18.2 Å². The third-order valence-corrected chi connectivity index (χ3v) is 2.76. The summed E-state index contributed by atoms with van der Waals surface area (Å²) in [6.45, 7) is 5.66. The van der Waals surface area contributed by atoms with Gasteiger partial charge in [-0.2, -0.15) is 0 Å². The summed E-state index contributed by atoms with van der Waals surface area (Å²) in [5.41, 5.74) is 1.99. The molecule has 0 aliphatic heterocycles. The van der Waals surface area contributed by atoms with Gasteiger partial charge in [0.1, 0.15) is 5.82 Å². The number of aromatic nitrogens is 2. The Morgan fingerprint density at radius 3 is 2.94 bits per heavy atom. The number of halogens is 1. The summed E-state index contributed by atoms with van der Waals surface area (Å²) in [5, 5.41) is 3.22. The highest BCUT2D eigenvalue weighted by Crippen LogP contribution is 2.11. The largest absolute Gasteiger partial charge is 0.356 e. The van der Waals surface area contributed by atoms with Gasteiger partial charge in [-0.15, -0.1) is 0 Å². The van der Waals surface area contributed by atoms with Crippen molar-refractivity contribution in [3.05, 3.63) is 47.5 Å². The zero-order valence-electron chi connectivity index (χ0n) is 10.8.